The van der Waals surface area contributed by atoms with E-state index in [1.165, 1.54) is 76.8 Å². The van der Waals surface area contributed by atoms with Gasteiger partial charge in [0.2, 0.25) is 0 Å². The second-order valence-corrected chi connectivity index (χ2v) is 14.2. The summed E-state index contributed by atoms with van der Waals surface area (Å²) in [6, 6.07) is 56.9. The van der Waals surface area contributed by atoms with Crippen LogP contribution in [0.1, 0.15) is 25.0 Å². The molecule has 0 saturated heterocycles. The summed E-state index contributed by atoms with van der Waals surface area (Å²) in [7, 11) is 0. The SMILES string of the molecule is [C-]#[N+]c1ccc2c(c1)C(C)(C)c1cc(-c3ccc(-c4cc5c(-c6ccccc6)nc6cc7ccccc7cc6c5c5ccccc45)cc3)ccc1-2. The van der Waals surface area contributed by atoms with E-state index in [0.717, 1.165) is 22.2 Å². The predicted octanol–water partition coefficient (Wildman–Crippen LogP) is 13.6. The van der Waals surface area contributed by atoms with Gasteiger partial charge in [-0.3, -0.25) is 0 Å². The van der Waals surface area contributed by atoms with Crippen LogP contribution in [0.4, 0.5) is 5.69 Å². The molecule has 238 valence electrons. The lowest BCUT2D eigenvalue weighted by atomic mass is 9.81. The lowest BCUT2D eigenvalue weighted by Gasteiger charge is -2.22. The van der Waals surface area contributed by atoms with Crippen LogP contribution < -0.4 is 0 Å². The highest BCUT2D eigenvalue weighted by Crippen LogP contribution is 2.51. The third kappa shape index (κ3) is 4.45. The minimum Gasteiger partial charge on any atom is -0.247 e. The molecule has 1 aliphatic rings. The van der Waals surface area contributed by atoms with Gasteiger partial charge in [0, 0.05) is 27.1 Å². The molecule has 0 radical (unpaired) electrons. The highest BCUT2D eigenvalue weighted by molar-refractivity contribution is 6.26. The number of hydrogen-bond donors (Lipinski definition) is 0. The van der Waals surface area contributed by atoms with Gasteiger partial charge in [-0.25, -0.2) is 9.83 Å². The van der Waals surface area contributed by atoms with E-state index in [0.29, 0.717) is 5.69 Å². The second-order valence-electron chi connectivity index (χ2n) is 14.2. The van der Waals surface area contributed by atoms with Crippen molar-refractivity contribution in [1.29, 1.82) is 0 Å². The Kier molecular flexibility index (Phi) is 6.32. The molecule has 0 fully saturated rings. The Morgan fingerprint density at radius 2 is 1.10 bits per heavy atom. The maximum absolute atomic E-state index is 7.54. The monoisotopic (exact) mass is 648 g/mol. The Hall–Kier alpha value is -6.56. The van der Waals surface area contributed by atoms with Crippen molar-refractivity contribution in [2.24, 2.45) is 0 Å². The molecule has 1 heterocycles. The molecular formula is C49H32N2. The smallest absolute Gasteiger partial charge is 0.187 e. The van der Waals surface area contributed by atoms with Crippen molar-refractivity contribution >= 4 is 48.9 Å². The van der Waals surface area contributed by atoms with Gasteiger partial charge in [-0.05, 0) is 90.3 Å². The van der Waals surface area contributed by atoms with Crippen molar-refractivity contribution in [2.45, 2.75) is 19.3 Å². The van der Waals surface area contributed by atoms with Crippen molar-refractivity contribution in [3.05, 3.63) is 180 Å². The third-order valence-electron chi connectivity index (χ3n) is 11.0. The van der Waals surface area contributed by atoms with Crippen LogP contribution >= 0.6 is 0 Å². The summed E-state index contributed by atoms with van der Waals surface area (Å²) in [5.74, 6) is 0. The number of hydrogen-bond acceptors (Lipinski definition) is 1. The Morgan fingerprint density at radius 3 is 1.86 bits per heavy atom. The van der Waals surface area contributed by atoms with Crippen LogP contribution in [0.15, 0.2) is 158 Å². The average Bonchev–Trinajstić information content (AvgIpc) is 3.41. The molecule has 10 rings (SSSR count). The topological polar surface area (TPSA) is 17.2 Å². The number of benzene rings is 8. The van der Waals surface area contributed by atoms with Gasteiger partial charge in [-0.2, -0.15) is 0 Å². The minimum absolute atomic E-state index is 0.174. The van der Waals surface area contributed by atoms with E-state index < -0.39 is 0 Å². The van der Waals surface area contributed by atoms with E-state index >= 15 is 0 Å². The first-order valence-corrected chi connectivity index (χ1v) is 17.5. The summed E-state index contributed by atoms with van der Waals surface area (Å²) in [6.45, 7) is 12.1. The van der Waals surface area contributed by atoms with Crippen molar-refractivity contribution in [3.63, 3.8) is 0 Å². The van der Waals surface area contributed by atoms with E-state index in [1.807, 2.05) is 6.07 Å². The van der Waals surface area contributed by atoms with Gasteiger partial charge in [-0.1, -0.05) is 147 Å². The summed E-state index contributed by atoms with van der Waals surface area (Å²) in [4.78, 5) is 9.07. The molecule has 2 heteroatoms. The van der Waals surface area contributed by atoms with Crippen molar-refractivity contribution in [3.8, 4) is 44.6 Å². The van der Waals surface area contributed by atoms with E-state index in [1.54, 1.807) is 0 Å². The van der Waals surface area contributed by atoms with Gasteiger partial charge in [0.25, 0.3) is 0 Å². The fraction of sp³-hybridized carbons (Fsp3) is 0.0612. The zero-order valence-electron chi connectivity index (χ0n) is 28.4. The Morgan fingerprint density at radius 1 is 0.471 bits per heavy atom. The maximum atomic E-state index is 7.54. The molecule has 0 bridgehead atoms. The van der Waals surface area contributed by atoms with E-state index in [4.69, 9.17) is 11.6 Å². The van der Waals surface area contributed by atoms with Crippen molar-refractivity contribution in [2.75, 3.05) is 0 Å². The van der Waals surface area contributed by atoms with E-state index in [9.17, 15) is 0 Å². The van der Waals surface area contributed by atoms with E-state index in [2.05, 4.69) is 170 Å². The predicted molar refractivity (Wildman–Crippen MR) is 214 cm³/mol. The van der Waals surface area contributed by atoms with Crippen LogP contribution in [0.5, 0.6) is 0 Å². The van der Waals surface area contributed by atoms with Crippen LogP contribution in [0.25, 0.3) is 92.7 Å². The van der Waals surface area contributed by atoms with E-state index in [-0.39, 0.29) is 5.41 Å². The fourth-order valence-electron chi connectivity index (χ4n) is 8.43. The van der Waals surface area contributed by atoms with Gasteiger partial charge < -0.3 is 0 Å². The number of nitrogens with zero attached hydrogens (tertiary/aromatic N) is 2. The Bertz CT molecular complexity index is 2930. The molecule has 0 unspecified atom stereocenters. The molecule has 0 aliphatic heterocycles. The van der Waals surface area contributed by atoms with Crippen molar-refractivity contribution < 1.29 is 0 Å². The summed E-state index contributed by atoms with van der Waals surface area (Å²) < 4.78 is 0. The summed E-state index contributed by atoms with van der Waals surface area (Å²) in [5, 5.41) is 8.45. The highest BCUT2D eigenvalue weighted by atomic mass is 14.7. The number of fused-ring (bicyclic) bond motifs is 9. The van der Waals surface area contributed by atoms with Crippen LogP contribution in [-0.2, 0) is 5.41 Å². The average molecular weight is 649 g/mol. The lowest BCUT2D eigenvalue weighted by Crippen LogP contribution is -2.14. The van der Waals surface area contributed by atoms with Crippen LogP contribution in [0.2, 0.25) is 0 Å². The summed E-state index contributed by atoms with van der Waals surface area (Å²) in [6.07, 6.45) is 0. The molecule has 0 spiro atoms. The molecule has 51 heavy (non-hydrogen) atoms. The Balaban J connectivity index is 1.15. The van der Waals surface area contributed by atoms with Gasteiger partial charge in [0.1, 0.15) is 0 Å². The first-order valence-electron chi connectivity index (χ1n) is 17.5. The molecule has 9 aromatic rings. The second kappa shape index (κ2) is 11.0. The number of pyridine rings is 1. The molecule has 8 aromatic carbocycles. The molecule has 1 aliphatic carbocycles. The zero-order chi connectivity index (χ0) is 34.3. The van der Waals surface area contributed by atoms with Crippen LogP contribution in [0.3, 0.4) is 0 Å². The first kappa shape index (κ1) is 29.4. The van der Waals surface area contributed by atoms with Crippen molar-refractivity contribution in [1.82, 2.24) is 4.98 Å². The number of rotatable bonds is 3. The first-order chi connectivity index (χ1) is 25.0. The highest BCUT2D eigenvalue weighted by Gasteiger charge is 2.35. The molecule has 0 saturated carbocycles. The molecule has 0 amide bonds. The third-order valence-corrected chi connectivity index (χ3v) is 11.0. The fourth-order valence-corrected chi connectivity index (χ4v) is 8.43. The van der Waals surface area contributed by atoms with Crippen LogP contribution in [0, 0.1) is 6.57 Å². The quantitative estimate of drug-likeness (QED) is 0.106. The van der Waals surface area contributed by atoms with Gasteiger partial charge >= 0.3 is 0 Å². The zero-order valence-corrected chi connectivity index (χ0v) is 28.4. The molecule has 1 aromatic heterocycles. The molecule has 0 atom stereocenters. The lowest BCUT2D eigenvalue weighted by molar-refractivity contribution is 0.661. The standard InChI is InChI=1S/C49H32N2/c1-49(2)44-26-35(21-23-38(44)39-24-22-36(50-3)28-45(39)49)30-17-19-31(20-18-30)41-29-43-47(40-16-10-9-15-37(40)41)42-25-33-13-7-8-14-34(33)27-46(42)51-48(43)32-11-5-4-6-12-32/h4-29H,1-2H3. The van der Waals surface area contributed by atoms with Gasteiger partial charge in [0.15, 0.2) is 5.69 Å². The van der Waals surface area contributed by atoms with Gasteiger partial charge in [0.05, 0.1) is 17.8 Å². The minimum atomic E-state index is -0.174. The van der Waals surface area contributed by atoms with Crippen LogP contribution in [-0.4, -0.2) is 4.98 Å². The normalized spacial score (nSPS) is 13.0. The van der Waals surface area contributed by atoms with Gasteiger partial charge in [-0.15, -0.1) is 0 Å². The summed E-state index contributed by atoms with van der Waals surface area (Å²) >= 11 is 0. The number of aromatic nitrogens is 1. The largest absolute Gasteiger partial charge is 0.247 e. The molecule has 2 nitrogen and oxygen atoms in total. The molecule has 0 N–H and O–H groups in total. The summed E-state index contributed by atoms with van der Waals surface area (Å²) in [5.41, 5.74) is 13.4. The maximum Gasteiger partial charge on any atom is 0.187 e. The Labute approximate surface area is 297 Å². The molecular weight excluding hydrogens is 617 g/mol.